The number of allylic oxidation sites excluding steroid dienone is 1. The largest absolute Gasteiger partial charge is 0.299 e. The molecular formula is C11H20O. The van der Waals surface area contributed by atoms with E-state index in [0.29, 0.717) is 18.1 Å². The highest BCUT2D eigenvalue weighted by Gasteiger charge is 2.07. The van der Waals surface area contributed by atoms with E-state index in [1.807, 2.05) is 6.92 Å². The zero-order valence-electron chi connectivity index (χ0n) is 8.52. The zero-order chi connectivity index (χ0) is 9.56. The van der Waals surface area contributed by atoms with Crippen LogP contribution < -0.4 is 0 Å². The van der Waals surface area contributed by atoms with Crippen LogP contribution in [0.5, 0.6) is 0 Å². The number of Topliss-reactive ketones (excluding diaryl/α,β-unsaturated/α-hetero) is 1. The third-order valence-electron chi connectivity index (χ3n) is 2.22. The Morgan fingerprint density at radius 1 is 1.42 bits per heavy atom. The van der Waals surface area contributed by atoms with Gasteiger partial charge in [0.05, 0.1) is 0 Å². The van der Waals surface area contributed by atoms with Crippen LogP contribution >= 0.6 is 0 Å². The minimum atomic E-state index is 0.344. The molecule has 70 valence electrons. The quantitative estimate of drug-likeness (QED) is 0.556. The van der Waals surface area contributed by atoms with Gasteiger partial charge >= 0.3 is 0 Å². The summed E-state index contributed by atoms with van der Waals surface area (Å²) in [6.07, 6.45) is 3.31. The first-order chi connectivity index (χ1) is 5.60. The van der Waals surface area contributed by atoms with Gasteiger partial charge in [0.25, 0.3) is 0 Å². The minimum absolute atomic E-state index is 0.344. The summed E-state index contributed by atoms with van der Waals surface area (Å²) in [6.45, 7) is 10.1. The summed E-state index contributed by atoms with van der Waals surface area (Å²) < 4.78 is 0. The van der Waals surface area contributed by atoms with E-state index < -0.39 is 0 Å². The van der Waals surface area contributed by atoms with Gasteiger partial charge in [0.2, 0.25) is 0 Å². The fourth-order valence-corrected chi connectivity index (χ4v) is 1.01. The molecule has 0 heterocycles. The predicted molar refractivity (Wildman–Crippen MR) is 53.1 cm³/mol. The average molecular weight is 168 g/mol. The Kier molecular flexibility index (Phi) is 5.69. The molecular weight excluding hydrogens is 148 g/mol. The molecule has 12 heavy (non-hydrogen) atoms. The topological polar surface area (TPSA) is 17.1 Å². The van der Waals surface area contributed by atoms with E-state index >= 15 is 0 Å². The Hall–Kier alpha value is -0.590. The Morgan fingerprint density at radius 2 is 2.00 bits per heavy atom. The van der Waals surface area contributed by atoms with Gasteiger partial charge < -0.3 is 0 Å². The van der Waals surface area contributed by atoms with Crippen molar-refractivity contribution in [1.82, 2.24) is 0 Å². The molecule has 0 aliphatic carbocycles. The SMILES string of the molecule is C=C(CC)CC(=O)CC(C)CC. The van der Waals surface area contributed by atoms with Crippen LogP contribution in [0.4, 0.5) is 0 Å². The van der Waals surface area contributed by atoms with Crippen molar-refractivity contribution >= 4 is 5.78 Å². The van der Waals surface area contributed by atoms with E-state index in [4.69, 9.17) is 0 Å². The molecule has 0 rings (SSSR count). The maximum absolute atomic E-state index is 11.3. The molecule has 0 aromatic carbocycles. The second-order valence-electron chi connectivity index (χ2n) is 3.54. The van der Waals surface area contributed by atoms with Gasteiger partial charge in [-0.25, -0.2) is 0 Å². The van der Waals surface area contributed by atoms with Gasteiger partial charge in [0.15, 0.2) is 0 Å². The molecule has 0 aliphatic rings. The summed E-state index contributed by atoms with van der Waals surface area (Å²) in [7, 11) is 0. The van der Waals surface area contributed by atoms with Crippen LogP contribution in [-0.2, 0) is 4.79 Å². The normalized spacial score (nSPS) is 12.6. The van der Waals surface area contributed by atoms with Gasteiger partial charge in [0.1, 0.15) is 5.78 Å². The van der Waals surface area contributed by atoms with Crippen LogP contribution in [0.15, 0.2) is 12.2 Å². The highest BCUT2D eigenvalue weighted by atomic mass is 16.1. The first kappa shape index (κ1) is 11.4. The van der Waals surface area contributed by atoms with E-state index in [0.717, 1.165) is 24.8 Å². The molecule has 0 radical (unpaired) electrons. The van der Waals surface area contributed by atoms with E-state index in [1.165, 1.54) is 0 Å². The Bertz CT molecular complexity index is 158. The lowest BCUT2D eigenvalue weighted by molar-refractivity contribution is -0.119. The molecule has 0 aliphatic heterocycles. The number of carbonyl (C=O) groups excluding carboxylic acids is 1. The summed E-state index contributed by atoms with van der Waals surface area (Å²) in [5.41, 5.74) is 1.06. The third kappa shape index (κ3) is 5.11. The summed E-state index contributed by atoms with van der Waals surface area (Å²) >= 11 is 0. The second-order valence-corrected chi connectivity index (χ2v) is 3.54. The molecule has 0 aromatic heterocycles. The number of hydrogen-bond donors (Lipinski definition) is 0. The fourth-order valence-electron chi connectivity index (χ4n) is 1.01. The van der Waals surface area contributed by atoms with Crippen LogP contribution in [0.1, 0.15) is 46.5 Å². The summed E-state index contributed by atoms with van der Waals surface area (Å²) in [4.78, 5) is 11.3. The van der Waals surface area contributed by atoms with Gasteiger partial charge in [-0.15, -0.1) is 0 Å². The fraction of sp³-hybridized carbons (Fsp3) is 0.727. The molecule has 0 saturated heterocycles. The number of rotatable bonds is 6. The Morgan fingerprint density at radius 3 is 2.42 bits per heavy atom. The lowest BCUT2D eigenvalue weighted by atomic mass is 9.98. The first-order valence-electron chi connectivity index (χ1n) is 4.78. The van der Waals surface area contributed by atoms with Crippen LogP contribution in [0.25, 0.3) is 0 Å². The number of ketones is 1. The van der Waals surface area contributed by atoms with Gasteiger partial charge in [0, 0.05) is 12.8 Å². The molecule has 0 saturated carbocycles. The average Bonchev–Trinajstić information content (AvgIpc) is 2.03. The van der Waals surface area contributed by atoms with Crippen molar-refractivity contribution in [1.29, 1.82) is 0 Å². The highest BCUT2D eigenvalue weighted by Crippen LogP contribution is 2.12. The first-order valence-corrected chi connectivity index (χ1v) is 4.78. The van der Waals surface area contributed by atoms with E-state index in [1.54, 1.807) is 0 Å². The molecule has 0 amide bonds. The monoisotopic (exact) mass is 168 g/mol. The molecule has 1 unspecified atom stereocenters. The molecule has 0 bridgehead atoms. The van der Waals surface area contributed by atoms with Crippen molar-refractivity contribution in [2.75, 3.05) is 0 Å². The van der Waals surface area contributed by atoms with Crippen molar-refractivity contribution < 1.29 is 4.79 Å². The van der Waals surface area contributed by atoms with Crippen LogP contribution in [0, 0.1) is 5.92 Å². The predicted octanol–water partition coefficient (Wildman–Crippen LogP) is 3.35. The van der Waals surface area contributed by atoms with Crippen molar-refractivity contribution in [2.24, 2.45) is 5.92 Å². The van der Waals surface area contributed by atoms with Gasteiger partial charge in [-0.05, 0) is 12.3 Å². The van der Waals surface area contributed by atoms with E-state index in [9.17, 15) is 4.79 Å². The molecule has 0 spiro atoms. The van der Waals surface area contributed by atoms with Crippen LogP contribution in [0.2, 0.25) is 0 Å². The standard InChI is InChI=1S/C11H20O/c1-5-9(3)7-11(12)8-10(4)6-2/h10H,3,5-8H2,1-2,4H3. The van der Waals surface area contributed by atoms with Crippen molar-refractivity contribution in [3.8, 4) is 0 Å². The Labute approximate surface area is 75.9 Å². The maximum Gasteiger partial charge on any atom is 0.137 e. The lowest BCUT2D eigenvalue weighted by Crippen LogP contribution is -2.05. The third-order valence-corrected chi connectivity index (χ3v) is 2.22. The van der Waals surface area contributed by atoms with Crippen molar-refractivity contribution in [2.45, 2.75) is 46.5 Å². The second kappa shape index (κ2) is 5.99. The Balaban J connectivity index is 3.66. The molecule has 1 atom stereocenters. The minimum Gasteiger partial charge on any atom is -0.299 e. The number of carbonyl (C=O) groups is 1. The molecule has 0 N–H and O–H groups in total. The highest BCUT2D eigenvalue weighted by molar-refractivity contribution is 5.80. The van der Waals surface area contributed by atoms with Crippen LogP contribution in [-0.4, -0.2) is 5.78 Å². The molecule has 1 nitrogen and oxygen atoms in total. The van der Waals surface area contributed by atoms with Gasteiger partial charge in [-0.2, -0.15) is 0 Å². The summed E-state index contributed by atoms with van der Waals surface area (Å²) in [5.74, 6) is 0.873. The summed E-state index contributed by atoms with van der Waals surface area (Å²) in [6, 6.07) is 0. The van der Waals surface area contributed by atoms with Gasteiger partial charge in [-0.1, -0.05) is 39.3 Å². The van der Waals surface area contributed by atoms with Gasteiger partial charge in [-0.3, -0.25) is 4.79 Å². The lowest BCUT2D eigenvalue weighted by Gasteiger charge is -2.07. The van der Waals surface area contributed by atoms with Crippen molar-refractivity contribution in [3.05, 3.63) is 12.2 Å². The van der Waals surface area contributed by atoms with E-state index in [2.05, 4.69) is 20.4 Å². The van der Waals surface area contributed by atoms with Crippen LogP contribution in [0.3, 0.4) is 0 Å². The molecule has 0 aromatic rings. The summed E-state index contributed by atoms with van der Waals surface area (Å²) in [5, 5.41) is 0. The molecule has 1 heteroatoms. The molecule has 0 fully saturated rings. The number of hydrogen-bond acceptors (Lipinski definition) is 1. The van der Waals surface area contributed by atoms with Crippen molar-refractivity contribution in [3.63, 3.8) is 0 Å². The smallest absolute Gasteiger partial charge is 0.137 e. The van der Waals surface area contributed by atoms with E-state index in [-0.39, 0.29) is 0 Å². The zero-order valence-corrected chi connectivity index (χ0v) is 8.52. The maximum atomic E-state index is 11.3.